The number of nitrogens with one attached hydrogen (secondary N) is 1. The Hall–Kier alpha value is -2.77. The van der Waals surface area contributed by atoms with Gasteiger partial charge in [0.05, 0.1) is 50.0 Å². The number of aliphatic hydroxyl groups excluding tert-OH is 1. The van der Waals surface area contributed by atoms with E-state index >= 15 is 0 Å². The van der Waals surface area contributed by atoms with Crippen molar-refractivity contribution in [1.29, 1.82) is 0 Å². The molecule has 0 aliphatic rings. The lowest BCUT2D eigenvalue weighted by Gasteiger charge is -2.22. The second-order valence-electron chi connectivity index (χ2n) is 7.53. The van der Waals surface area contributed by atoms with Gasteiger partial charge in [-0.25, -0.2) is 4.21 Å². The lowest BCUT2D eigenvalue weighted by Crippen LogP contribution is -2.28. The van der Waals surface area contributed by atoms with E-state index in [4.69, 9.17) is 35.7 Å². The molecule has 2 N–H and O–H groups in total. The molecule has 0 fully saturated rings. The second kappa shape index (κ2) is 13.5. The Morgan fingerprint density at radius 1 is 1.11 bits per heavy atom. The fraction of sp³-hybridized carbons (Fsp3) is 0.435. The quantitative estimate of drug-likeness (QED) is 0.297. The molecule has 196 valence electrons. The summed E-state index contributed by atoms with van der Waals surface area (Å²) in [6.45, 7) is 2.20. The SMILES string of the molecule is COc1cccc(OC)c1-n1c(CCOCCO)nnc1NS(=O)C(C)C(OC)c1ccc(Cl)cn1. The molecule has 3 atom stereocenters. The van der Waals surface area contributed by atoms with Gasteiger partial charge in [-0.05, 0) is 31.2 Å². The number of pyridine rings is 1. The van der Waals surface area contributed by atoms with Crippen LogP contribution >= 0.6 is 11.6 Å². The molecule has 0 saturated heterocycles. The van der Waals surface area contributed by atoms with Crippen LogP contribution in [0, 0.1) is 0 Å². The van der Waals surface area contributed by atoms with Crippen LogP contribution in [0.2, 0.25) is 5.02 Å². The highest BCUT2D eigenvalue weighted by molar-refractivity contribution is 7.87. The van der Waals surface area contributed by atoms with Crippen LogP contribution < -0.4 is 14.2 Å². The minimum atomic E-state index is -1.67. The van der Waals surface area contributed by atoms with Crippen LogP contribution in [0.25, 0.3) is 5.69 Å². The largest absolute Gasteiger partial charge is 0.494 e. The van der Waals surface area contributed by atoms with Crippen molar-refractivity contribution in [3.63, 3.8) is 0 Å². The predicted octanol–water partition coefficient (Wildman–Crippen LogP) is 2.74. The molecule has 0 aliphatic carbocycles. The summed E-state index contributed by atoms with van der Waals surface area (Å²) in [4.78, 5) is 4.31. The lowest BCUT2D eigenvalue weighted by atomic mass is 10.2. The van der Waals surface area contributed by atoms with E-state index in [1.54, 1.807) is 56.0 Å². The molecule has 3 unspecified atom stereocenters. The molecule has 0 radical (unpaired) electrons. The van der Waals surface area contributed by atoms with Gasteiger partial charge < -0.3 is 24.1 Å². The molecule has 0 aliphatic heterocycles. The zero-order valence-electron chi connectivity index (χ0n) is 20.5. The van der Waals surface area contributed by atoms with Gasteiger partial charge in [0.15, 0.2) is 0 Å². The number of hydrogen-bond donors (Lipinski definition) is 2. The van der Waals surface area contributed by atoms with Gasteiger partial charge in [0.2, 0.25) is 5.95 Å². The van der Waals surface area contributed by atoms with Crippen LogP contribution in [0.4, 0.5) is 5.95 Å². The summed E-state index contributed by atoms with van der Waals surface area (Å²) in [5.41, 5.74) is 1.14. The second-order valence-corrected chi connectivity index (χ2v) is 9.51. The Labute approximate surface area is 217 Å². The summed E-state index contributed by atoms with van der Waals surface area (Å²) in [5.74, 6) is 1.76. The number of benzene rings is 1. The molecule has 1 aromatic carbocycles. The fourth-order valence-corrected chi connectivity index (χ4v) is 4.65. The number of para-hydroxylation sites is 1. The summed E-state index contributed by atoms with van der Waals surface area (Å²) >= 11 is 5.95. The smallest absolute Gasteiger partial charge is 0.241 e. The number of hydrogen-bond acceptors (Lipinski definition) is 9. The minimum Gasteiger partial charge on any atom is -0.494 e. The third kappa shape index (κ3) is 6.51. The number of aromatic nitrogens is 4. The zero-order chi connectivity index (χ0) is 26.1. The average molecular weight is 540 g/mol. The number of rotatable bonds is 14. The molecule has 0 amide bonds. The van der Waals surface area contributed by atoms with E-state index in [0.29, 0.717) is 46.8 Å². The minimum absolute atomic E-state index is 0.0835. The summed E-state index contributed by atoms with van der Waals surface area (Å²) < 4.78 is 40.3. The Morgan fingerprint density at radius 3 is 2.42 bits per heavy atom. The molecule has 2 heterocycles. The standard InChI is InChI=1S/C23H30ClN5O6S/c1-15(22(34-4)17-9-8-16(24)14-25-17)36(31)28-23-27-26-20(10-12-35-13-11-30)29(23)21-18(32-2)6-5-7-19(21)33-3/h5-9,14-15,22,30H,10-13H2,1-4H3,(H,27,28). The van der Waals surface area contributed by atoms with Gasteiger partial charge in [0.1, 0.15) is 40.1 Å². The normalized spacial score (nSPS) is 13.7. The van der Waals surface area contributed by atoms with Crippen LogP contribution in [0.5, 0.6) is 11.5 Å². The van der Waals surface area contributed by atoms with Crippen LogP contribution in [-0.4, -0.2) is 75.5 Å². The Morgan fingerprint density at radius 2 is 1.83 bits per heavy atom. The molecule has 3 aromatic rings. The van der Waals surface area contributed by atoms with Gasteiger partial charge >= 0.3 is 0 Å². The molecular formula is C23H30ClN5O6S. The number of anilines is 1. The first-order valence-corrected chi connectivity index (χ1v) is 12.7. The van der Waals surface area contributed by atoms with Crippen molar-refractivity contribution in [1.82, 2.24) is 19.7 Å². The predicted molar refractivity (Wildman–Crippen MR) is 136 cm³/mol. The highest BCUT2D eigenvalue weighted by Crippen LogP contribution is 2.35. The topological polar surface area (TPSA) is 130 Å². The maximum Gasteiger partial charge on any atom is 0.241 e. The molecule has 0 bridgehead atoms. The van der Waals surface area contributed by atoms with Crippen LogP contribution in [-0.2, 0) is 26.9 Å². The maximum absolute atomic E-state index is 13.4. The molecule has 2 aromatic heterocycles. The number of nitrogens with zero attached hydrogens (tertiary/aromatic N) is 4. The maximum atomic E-state index is 13.4. The lowest BCUT2D eigenvalue weighted by molar-refractivity contribution is 0.0934. The van der Waals surface area contributed by atoms with Crippen molar-refractivity contribution < 1.29 is 28.3 Å². The van der Waals surface area contributed by atoms with E-state index in [-0.39, 0.29) is 19.2 Å². The van der Waals surface area contributed by atoms with E-state index < -0.39 is 22.3 Å². The molecule has 0 saturated carbocycles. The van der Waals surface area contributed by atoms with Crippen molar-refractivity contribution in [3.05, 3.63) is 53.1 Å². The average Bonchev–Trinajstić information content (AvgIpc) is 3.28. The third-order valence-electron chi connectivity index (χ3n) is 5.31. The van der Waals surface area contributed by atoms with Gasteiger partial charge in [-0.15, -0.1) is 10.2 Å². The summed E-state index contributed by atoms with van der Waals surface area (Å²) in [6, 6.07) is 8.79. The number of aliphatic hydroxyl groups is 1. The van der Waals surface area contributed by atoms with Crippen molar-refractivity contribution in [2.24, 2.45) is 0 Å². The highest BCUT2D eigenvalue weighted by Gasteiger charge is 2.28. The highest BCUT2D eigenvalue weighted by atomic mass is 35.5. The van der Waals surface area contributed by atoms with Crippen LogP contribution in [0.3, 0.4) is 0 Å². The first-order valence-electron chi connectivity index (χ1n) is 11.1. The summed E-state index contributed by atoms with van der Waals surface area (Å²) in [6.07, 6.45) is 1.31. The van der Waals surface area contributed by atoms with E-state index in [2.05, 4.69) is 19.9 Å². The molecule has 0 spiro atoms. The van der Waals surface area contributed by atoms with Gasteiger partial charge in [-0.2, -0.15) is 0 Å². The number of ether oxygens (including phenoxy) is 4. The summed E-state index contributed by atoms with van der Waals surface area (Å²) in [7, 11) is 2.95. The Balaban J connectivity index is 1.96. The molecule has 13 heteroatoms. The van der Waals surface area contributed by atoms with Crippen molar-refractivity contribution >= 4 is 28.5 Å². The first-order chi connectivity index (χ1) is 17.4. The monoisotopic (exact) mass is 539 g/mol. The van der Waals surface area contributed by atoms with E-state index in [1.807, 2.05) is 0 Å². The number of methoxy groups -OCH3 is 3. The third-order valence-corrected chi connectivity index (χ3v) is 6.84. The van der Waals surface area contributed by atoms with E-state index in [9.17, 15) is 4.21 Å². The molecule has 11 nitrogen and oxygen atoms in total. The fourth-order valence-electron chi connectivity index (χ4n) is 3.57. The molecular weight excluding hydrogens is 510 g/mol. The van der Waals surface area contributed by atoms with Gasteiger partial charge in [0, 0.05) is 19.7 Å². The Kier molecular flexibility index (Phi) is 10.4. The molecule has 3 rings (SSSR count). The zero-order valence-corrected chi connectivity index (χ0v) is 22.1. The first kappa shape index (κ1) is 27.8. The van der Waals surface area contributed by atoms with Gasteiger partial charge in [-0.3, -0.25) is 14.3 Å². The summed E-state index contributed by atoms with van der Waals surface area (Å²) in [5, 5.41) is 17.5. The van der Waals surface area contributed by atoms with Crippen LogP contribution in [0.15, 0.2) is 36.5 Å². The van der Waals surface area contributed by atoms with Crippen molar-refractivity contribution in [2.45, 2.75) is 24.7 Å². The van der Waals surface area contributed by atoms with Crippen molar-refractivity contribution in [3.8, 4) is 17.2 Å². The van der Waals surface area contributed by atoms with Crippen LogP contribution in [0.1, 0.15) is 24.5 Å². The number of halogens is 1. The molecule has 36 heavy (non-hydrogen) atoms. The van der Waals surface area contributed by atoms with E-state index in [0.717, 1.165) is 0 Å². The van der Waals surface area contributed by atoms with E-state index in [1.165, 1.54) is 13.3 Å². The van der Waals surface area contributed by atoms with Gasteiger partial charge in [-0.1, -0.05) is 17.7 Å². The Bertz CT molecular complexity index is 1120. The van der Waals surface area contributed by atoms with Gasteiger partial charge in [0.25, 0.3) is 0 Å². The van der Waals surface area contributed by atoms with Crippen molar-refractivity contribution in [2.75, 3.05) is 45.9 Å².